The molecule has 7 nitrogen and oxygen atoms in total. The molecule has 1 amide bonds. The number of amides is 1. The molecule has 33 heavy (non-hydrogen) atoms. The van der Waals surface area contributed by atoms with Gasteiger partial charge >= 0.3 is 5.97 Å². The number of carbonyl (C=O) groups excluding carboxylic acids is 1. The van der Waals surface area contributed by atoms with E-state index in [-0.39, 0.29) is 17.8 Å². The molecule has 1 unspecified atom stereocenters. The van der Waals surface area contributed by atoms with Gasteiger partial charge in [0.1, 0.15) is 0 Å². The van der Waals surface area contributed by atoms with Crippen LogP contribution in [0.4, 0.5) is 0 Å². The van der Waals surface area contributed by atoms with Crippen molar-refractivity contribution in [1.29, 1.82) is 0 Å². The highest BCUT2D eigenvalue weighted by atomic mass is 35.5. The first-order valence-corrected chi connectivity index (χ1v) is 13.0. The summed E-state index contributed by atoms with van der Waals surface area (Å²) in [5.74, 6) is -0.862. The zero-order valence-electron chi connectivity index (χ0n) is 18.1. The van der Waals surface area contributed by atoms with Crippen molar-refractivity contribution in [3.05, 3.63) is 50.5 Å². The van der Waals surface area contributed by atoms with Gasteiger partial charge in [-0.2, -0.15) is 0 Å². The Morgan fingerprint density at radius 2 is 2.21 bits per heavy atom. The summed E-state index contributed by atoms with van der Waals surface area (Å²) >= 11 is 14.8. The van der Waals surface area contributed by atoms with E-state index in [1.54, 1.807) is 12.1 Å². The van der Waals surface area contributed by atoms with E-state index in [4.69, 9.17) is 33.0 Å². The van der Waals surface area contributed by atoms with Crippen molar-refractivity contribution < 1.29 is 19.4 Å². The van der Waals surface area contributed by atoms with Gasteiger partial charge in [-0.3, -0.25) is 9.69 Å². The topological polar surface area (TPSA) is 91.8 Å². The molecule has 1 atom stereocenters. The van der Waals surface area contributed by atoms with Crippen molar-refractivity contribution in [1.82, 2.24) is 15.2 Å². The highest BCUT2D eigenvalue weighted by Gasteiger charge is 2.21. The standard InChI is InChI=1S/C22H25Cl2N3O4S2/c1-2-18-19(5-6-21(29)30)33-22(26-18)32-13-20(28)25-10-15-12-27(7-8-31-15)11-14-3-4-16(23)17(24)9-14/h3-6,9,15H,2,7-8,10-13H2,1H3,(H,25,28)(H,29,30). The molecule has 0 bridgehead atoms. The van der Waals surface area contributed by atoms with E-state index in [1.807, 2.05) is 19.1 Å². The molecule has 0 radical (unpaired) electrons. The van der Waals surface area contributed by atoms with Gasteiger partial charge in [0.15, 0.2) is 4.34 Å². The van der Waals surface area contributed by atoms with Gasteiger partial charge in [-0.25, -0.2) is 9.78 Å². The maximum absolute atomic E-state index is 12.3. The number of nitrogens with zero attached hydrogens (tertiary/aromatic N) is 2. The molecule has 1 fully saturated rings. The van der Waals surface area contributed by atoms with Gasteiger partial charge in [0, 0.05) is 32.3 Å². The smallest absolute Gasteiger partial charge is 0.328 e. The number of aryl methyl sites for hydroxylation is 1. The van der Waals surface area contributed by atoms with Crippen LogP contribution in [0, 0.1) is 0 Å². The van der Waals surface area contributed by atoms with Crippen LogP contribution in [0.3, 0.4) is 0 Å². The number of carboxylic acid groups (broad SMARTS) is 1. The third-order valence-corrected chi connectivity index (χ3v) is 7.83. The van der Waals surface area contributed by atoms with Crippen molar-refractivity contribution in [3.8, 4) is 0 Å². The first-order valence-electron chi connectivity index (χ1n) is 10.4. The average Bonchev–Trinajstić information content (AvgIpc) is 3.20. The Balaban J connectivity index is 1.44. The lowest BCUT2D eigenvalue weighted by atomic mass is 10.2. The molecule has 11 heteroatoms. The van der Waals surface area contributed by atoms with E-state index in [0.29, 0.717) is 36.2 Å². The molecule has 0 spiro atoms. The zero-order valence-corrected chi connectivity index (χ0v) is 21.2. The summed E-state index contributed by atoms with van der Waals surface area (Å²) in [5.41, 5.74) is 1.91. The van der Waals surface area contributed by atoms with Crippen LogP contribution in [-0.2, 0) is 27.3 Å². The normalized spacial score (nSPS) is 16.9. The maximum Gasteiger partial charge on any atom is 0.328 e. The van der Waals surface area contributed by atoms with Crippen molar-refractivity contribution >= 4 is 64.3 Å². The molecule has 3 rings (SSSR count). The minimum atomic E-state index is -1.00. The molecule has 2 heterocycles. The second-order valence-corrected chi connectivity index (χ2v) is 10.5. The second-order valence-electron chi connectivity index (χ2n) is 7.38. The van der Waals surface area contributed by atoms with Crippen molar-refractivity contribution in [2.24, 2.45) is 0 Å². The molecule has 1 aliphatic rings. The molecular formula is C22H25Cl2N3O4S2. The van der Waals surface area contributed by atoms with Gasteiger partial charge in [0.25, 0.3) is 0 Å². The number of aliphatic carboxylic acids is 1. The first-order chi connectivity index (χ1) is 15.8. The quantitative estimate of drug-likeness (QED) is 0.351. The Morgan fingerprint density at radius 1 is 1.39 bits per heavy atom. The lowest BCUT2D eigenvalue weighted by Crippen LogP contribution is -2.47. The second kappa shape index (κ2) is 12.7. The van der Waals surface area contributed by atoms with Gasteiger partial charge in [-0.15, -0.1) is 11.3 Å². The Labute approximate surface area is 211 Å². The molecule has 2 aromatic rings. The van der Waals surface area contributed by atoms with E-state index < -0.39 is 5.97 Å². The fraction of sp³-hybridized carbons (Fsp3) is 0.409. The number of rotatable bonds is 10. The van der Waals surface area contributed by atoms with Gasteiger partial charge in [-0.05, 0) is 30.2 Å². The van der Waals surface area contributed by atoms with Crippen molar-refractivity contribution in [2.45, 2.75) is 30.3 Å². The number of aromatic nitrogens is 1. The lowest BCUT2D eigenvalue weighted by molar-refractivity contribution is -0.131. The minimum absolute atomic E-state index is 0.0882. The van der Waals surface area contributed by atoms with Gasteiger partial charge in [0.2, 0.25) is 5.91 Å². The third-order valence-electron chi connectivity index (χ3n) is 4.89. The number of ether oxygens (including phenoxy) is 1. The summed E-state index contributed by atoms with van der Waals surface area (Å²) in [7, 11) is 0. The van der Waals surface area contributed by atoms with E-state index >= 15 is 0 Å². The number of morpholine rings is 1. The van der Waals surface area contributed by atoms with Crippen LogP contribution in [0.25, 0.3) is 6.08 Å². The molecule has 1 aliphatic heterocycles. The predicted octanol–water partition coefficient (Wildman–Crippen LogP) is 4.22. The Morgan fingerprint density at radius 3 is 2.94 bits per heavy atom. The molecule has 178 valence electrons. The SMILES string of the molecule is CCc1nc(SCC(=O)NCC2CN(Cc3ccc(Cl)c(Cl)c3)CCO2)sc1C=CC(=O)O. The van der Waals surface area contributed by atoms with Crippen molar-refractivity contribution in [3.63, 3.8) is 0 Å². The molecule has 1 saturated heterocycles. The number of nitrogens with one attached hydrogen (secondary N) is 1. The van der Waals surface area contributed by atoms with E-state index in [0.717, 1.165) is 39.6 Å². The van der Waals surface area contributed by atoms with E-state index in [2.05, 4.69) is 15.2 Å². The number of hydrogen-bond acceptors (Lipinski definition) is 7. The number of hydrogen-bond donors (Lipinski definition) is 2. The summed E-state index contributed by atoms with van der Waals surface area (Å²) in [6.45, 7) is 5.25. The highest BCUT2D eigenvalue weighted by Crippen LogP contribution is 2.29. The predicted molar refractivity (Wildman–Crippen MR) is 133 cm³/mol. The summed E-state index contributed by atoms with van der Waals surface area (Å²) in [4.78, 5) is 30.7. The third kappa shape index (κ3) is 8.27. The molecule has 1 aromatic heterocycles. The molecule has 0 aliphatic carbocycles. The number of carbonyl (C=O) groups is 2. The summed E-state index contributed by atoms with van der Waals surface area (Å²) < 4.78 is 6.55. The maximum atomic E-state index is 12.3. The van der Waals surface area contributed by atoms with Crippen LogP contribution >= 0.6 is 46.3 Å². The summed E-state index contributed by atoms with van der Waals surface area (Å²) in [5, 5.41) is 12.8. The Kier molecular flexibility index (Phi) is 10.0. The van der Waals surface area contributed by atoms with Crippen LogP contribution in [0.2, 0.25) is 10.0 Å². The average molecular weight is 530 g/mol. The van der Waals surface area contributed by atoms with Crippen LogP contribution < -0.4 is 5.32 Å². The first kappa shape index (κ1) is 26.0. The van der Waals surface area contributed by atoms with Crippen LogP contribution in [0.5, 0.6) is 0 Å². The van der Waals surface area contributed by atoms with E-state index in [1.165, 1.54) is 23.1 Å². The van der Waals surface area contributed by atoms with Crippen molar-refractivity contribution in [2.75, 3.05) is 32.0 Å². The van der Waals surface area contributed by atoms with Gasteiger partial charge in [0.05, 0.1) is 39.1 Å². The number of halogens is 2. The zero-order chi connectivity index (χ0) is 23.8. The molecule has 0 saturated carbocycles. The largest absolute Gasteiger partial charge is 0.478 e. The van der Waals surface area contributed by atoms with Crippen LogP contribution in [0.1, 0.15) is 23.1 Å². The van der Waals surface area contributed by atoms with Gasteiger partial charge < -0.3 is 15.2 Å². The minimum Gasteiger partial charge on any atom is -0.478 e. The highest BCUT2D eigenvalue weighted by molar-refractivity contribution is 8.01. The molecular weight excluding hydrogens is 505 g/mol. The Hall–Kier alpha value is -1.62. The molecule has 2 N–H and O–H groups in total. The number of benzene rings is 1. The number of thioether (sulfide) groups is 1. The Bertz CT molecular complexity index is 1020. The fourth-order valence-corrected chi connectivity index (χ4v) is 5.60. The lowest BCUT2D eigenvalue weighted by Gasteiger charge is -2.33. The van der Waals surface area contributed by atoms with Crippen LogP contribution in [0.15, 0.2) is 28.6 Å². The van der Waals surface area contributed by atoms with Gasteiger partial charge in [-0.1, -0.05) is 48.0 Å². The number of thiazole rings is 1. The fourth-order valence-electron chi connectivity index (χ4n) is 3.28. The monoisotopic (exact) mass is 529 g/mol. The van der Waals surface area contributed by atoms with Crippen LogP contribution in [-0.4, -0.2) is 65.0 Å². The number of carboxylic acids is 1. The van der Waals surface area contributed by atoms with E-state index in [9.17, 15) is 9.59 Å². The molecule has 1 aromatic carbocycles. The summed E-state index contributed by atoms with van der Waals surface area (Å²) in [6, 6.07) is 5.63. The summed E-state index contributed by atoms with van der Waals surface area (Å²) in [6.07, 6.45) is 3.26.